The van der Waals surface area contributed by atoms with Crippen LogP contribution in [0.3, 0.4) is 0 Å². The summed E-state index contributed by atoms with van der Waals surface area (Å²) in [4.78, 5) is 18.8. The van der Waals surface area contributed by atoms with Crippen molar-refractivity contribution in [3.05, 3.63) is 75.7 Å². The second kappa shape index (κ2) is 10.2. The molecule has 2 aromatic carbocycles. The highest BCUT2D eigenvalue weighted by Crippen LogP contribution is 2.37. The van der Waals surface area contributed by atoms with E-state index in [1.807, 2.05) is 17.0 Å². The molecule has 1 saturated heterocycles. The molecule has 0 saturated carbocycles. The molecule has 178 valence electrons. The number of carbonyl (C=O) groups is 1. The van der Waals surface area contributed by atoms with Crippen molar-refractivity contribution >= 4 is 34.9 Å². The van der Waals surface area contributed by atoms with E-state index in [0.717, 1.165) is 24.0 Å². The van der Waals surface area contributed by atoms with Gasteiger partial charge in [0.05, 0.1) is 5.02 Å². The minimum absolute atomic E-state index is 0.00409. The van der Waals surface area contributed by atoms with Crippen LogP contribution >= 0.6 is 23.2 Å². The Hall–Kier alpha value is -2.87. The van der Waals surface area contributed by atoms with Crippen molar-refractivity contribution in [3.8, 4) is 16.9 Å². The van der Waals surface area contributed by atoms with Crippen molar-refractivity contribution in [2.45, 2.75) is 31.9 Å². The molecule has 34 heavy (non-hydrogen) atoms. The molecule has 1 unspecified atom stereocenters. The number of carbonyl (C=O) groups excluding carboxylic acids is 1. The van der Waals surface area contributed by atoms with Gasteiger partial charge in [-0.3, -0.25) is 4.79 Å². The van der Waals surface area contributed by atoms with Gasteiger partial charge in [-0.2, -0.15) is 0 Å². The van der Waals surface area contributed by atoms with E-state index < -0.39 is 11.9 Å². The normalized spacial score (nSPS) is 15.3. The fourth-order valence-electron chi connectivity index (χ4n) is 3.96. The summed E-state index contributed by atoms with van der Waals surface area (Å²) in [5.41, 5.74) is 14.5. The summed E-state index contributed by atoms with van der Waals surface area (Å²) in [6.07, 6.45) is 2.58. The lowest BCUT2D eigenvalue weighted by molar-refractivity contribution is 0.0715. The Balaban J connectivity index is 1.53. The molecule has 4 rings (SSSR count). The molecule has 0 bridgehead atoms. The third-order valence-electron chi connectivity index (χ3n) is 5.96. The van der Waals surface area contributed by atoms with Gasteiger partial charge in [0.1, 0.15) is 11.9 Å². The summed E-state index contributed by atoms with van der Waals surface area (Å²) < 4.78 is 19.9. The SMILES string of the molecule is CC(Oc1cc(-c2ccc(C(=O)N3CCC(N)CC3)cc2)cnc1N)c1c(Cl)ccc(F)c1Cl. The van der Waals surface area contributed by atoms with Gasteiger partial charge >= 0.3 is 0 Å². The summed E-state index contributed by atoms with van der Waals surface area (Å²) in [6, 6.07) is 11.8. The topological polar surface area (TPSA) is 94.5 Å². The molecule has 2 heterocycles. The van der Waals surface area contributed by atoms with Crippen LogP contribution in [0.1, 0.15) is 41.8 Å². The lowest BCUT2D eigenvalue weighted by atomic mass is 10.0. The number of piperidine rings is 1. The van der Waals surface area contributed by atoms with Gasteiger partial charge in [0.25, 0.3) is 5.91 Å². The molecule has 4 N–H and O–H groups in total. The smallest absolute Gasteiger partial charge is 0.253 e. The molecule has 0 spiro atoms. The van der Waals surface area contributed by atoms with Gasteiger partial charge in [0.15, 0.2) is 11.6 Å². The number of nitrogens with zero attached hydrogens (tertiary/aromatic N) is 2. The number of hydrogen-bond acceptors (Lipinski definition) is 5. The van der Waals surface area contributed by atoms with Crippen LogP contribution in [-0.2, 0) is 0 Å². The van der Waals surface area contributed by atoms with E-state index in [2.05, 4.69) is 4.98 Å². The Kier molecular flexibility index (Phi) is 7.26. The number of amides is 1. The molecule has 0 radical (unpaired) electrons. The quantitative estimate of drug-likeness (QED) is 0.450. The summed E-state index contributed by atoms with van der Waals surface area (Å²) in [5.74, 6) is -0.102. The summed E-state index contributed by atoms with van der Waals surface area (Å²) in [6.45, 7) is 3.04. The molecule has 6 nitrogen and oxygen atoms in total. The van der Waals surface area contributed by atoms with Crippen LogP contribution < -0.4 is 16.2 Å². The van der Waals surface area contributed by atoms with E-state index in [1.165, 1.54) is 12.1 Å². The fraction of sp³-hybridized carbons (Fsp3) is 0.280. The highest BCUT2D eigenvalue weighted by molar-refractivity contribution is 6.36. The molecular weight excluding hydrogens is 478 g/mol. The number of benzene rings is 2. The number of likely N-dealkylation sites (tertiary alicyclic amines) is 1. The predicted molar refractivity (Wildman–Crippen MR) is 133 cm³/mol. The zero-order valence-electron chi connectivity index (χ0n) is 18.6. The Bertz CT molecular complexity index is 1200. The van der Waals surface area contributed by atoms with Gasteiger partial charge in [-0.25, -0.2) is 9.37 Å². The van der Waals surface area contributed by atoms with Crippen LogP contribution in [0, 0.1) is 5.82 Å². The van der Waals surface area contributed by atoms with Crippen molar-refractivity contribution in [2.75, 3.05) is 18.8 Å². The van der Waals surface area contributed by atoms with E-state index in [1.54, 1.807) is 31.3 Å². The van der Waals surface area contributed by atoms with Gasteiger partial charge < -0.3 is 21.1 Å². The Morgan fingerprint density at radius 3 is 2.50 bits per heavy atom. The van der Waals surface area contributed by atoms with Crippen molar-refractivity contribution in [1.29, 1.82) is 0 Å². The number of nitrogen functional groups attached to an aromatic ring is 1. The Morgan fingerprint density at radius 1 is 1.15 bits per heavy atom. The van der Waals surface area contributed by atoms with Crippen molar-refractivity contribution in [1.82, 2.24) is 9.88 Å². The van der Waals surface area contributed by atoms with E-state index >= 15 is 0 Å². The number of aromatic nitrogens is 1. The Labute approximate surface area is 207 Å². The minimum atomic E-state index is -0.673. The third-order valence-corrected chi connectivity index (χ3v) is 6.68. The molecular formula is C25H25Cl2FN4O2. The molecule has 9 heteroatoms. The number of anilines is 1. The van der Waals surface area contributed by atoms with Crippen LogP contribution in [0.5, 0.6) is 5.75 Å². The molecule has 3 aromatic rings. The molecule has 1 atom stereocenters. The number of pyridine rings is 1. The highest BCUT2D eigenvalue weighted by atomic mass is 35.5. The Morgan fingerprint density at radius 2 is 1.82 bits per heavy atom. The summed E-state index contributed by atoms with van der Waals surface area (Å²) >= 11 is 12.3. The van der Waals surface area contributed by atoms with E-state index in [9.17, 15) is 9.18 Å². The zero-order chi connectivity index (χ0) is 24.4. The monoisotopic (exact) mass is 502 g/mol. The average Bonchev–Trinajstić information content (AvgIpc) is 2.83. The second-order valence-electron chi connectivity index (χ2n) is 8.33. The summed E-state index contributed by atoms with van der Waals surface area (Å²) in [7, 11) is 0. The van der Waals surface area contributed by atoms with Crippen molar-refractivity contribution in [3.63, 3.8) is 0 Å². The maximum Gasteiger partial charge on any atom is 0.253 e. The van der Waals surface area contributed by atoms with E-state index in [0.29, 0.717) is 30.0 Å². The largest absolute Gasteiger partial charge is 0.482 e. The van der Waals surface area contributed by atoms with E-state index in [4.69, 9.17) is 39.4 Å². The molecule has 1 fully saturated rings. The van der Waals surface area contributed by atoms with Crippen LogP contribution in [-0.4, -0.2) is 34.9 Å². The third kappa shape index (κ3) is 5.12. The molecule has 1 aliphatic rings. The lowest BCUT2D eigenvalue weighted by Gasteiger charge is -2.30. The van der Waals surface area contributed by atoms with Crippen LogP contribution in [0.2, 0.25) is 10.0 Å². The van der Waals surface area contributed by atoms with Crippen molar-refractivity contribution in [2.24, 2.45) is 5.73 Å². The number of nitrogens with two attached hydrogens (primary N) is 2. The molecule has 0 aliphatic carbocycles. The first-order valence-corrected chi connectivity index (χ1v) is 11.7. The van der Waals surface area contributed by atoms with Gasteiger partial charge in [-0.05, 0) is 55.7 Å². The number of hydrogen-bond donors (Lipinski definition) is 2. The predicted octanol–water partition coefficient (Wildman–Crippen LogP) is 5.48. The van der Waals surface area contributed by atoms with Gasteiger partial charge in [-0.15, -0.1) is 0 Å². The van der Waals surface area contributed by atoms with Gasteiger partial charge in [0, 0.05) is 47.0 Å². The minimum Gasteiger partial charge on any atom is -0.482 e. The molecule has 1 amide bonds. The van der Waals surface area contributed by atoms with Gasteiger partial charge in [0.2, 0.25) is 0 Å². The van der Waals surface area contributed by atoms with Crippen LogP contribution in [0.25, 0.3) is 11.1 Å². The van der Waals surface area contributed by atoms with Crippen LogP contribution in [0.4, 0.5) is 10.2 Å². The number of rotatable bonds is 5. The maximum atomic E-state index is 13.9. The second-order valence-corrected chi connectivity index (χ2v) is 9.12. The lowest BCUT2D eigenvalue weighted by Crippen LogP contribution is -2.42. The maximum absolute atomic E-state index is 13.9. The van der Waals surface area contributed by atoms with Crippen molar-refractivity contribution < 1.29 is 13.9 Å². The van der Waals surface area contributed by atoms with Crippen LogP contribution in [0.15, 0.2) is 48.7 Å². The number of ether oxygens (including phenoxy) is 1. The fourth-order valence-corrected chi connectivity index (χ4v) is 4.64. The molecule has 1 aliphatic heterocycles. The average molecular weight is 503 g/mol. The summed E-state index contributed by atoms with van der Waals surface area (Å²) in [5, 5.41) is 0.191. The van der Waals surface area contributed by atoms with Gasteiger partial charge in [-0.1, -0.05) is 35.3 Å². The molecule has 1 aromatic heterocycles. The first-order valence-electron chi connectivity index (χ1n) is 11.0. The standard InChI is InChI=1S/C25H25Cl2FN4O2/c1-14(22-19(26)6-7-20(28)23(22)27)34-21-12-17(13-31-24(21)30)15-2-4-16(5-3-15)25(33)32-10-8-18(29)9-11-32/h2-7,12-14,18H,8-11,29H2,1H3,(H2,30,31). The first-order chi connectivity index (χ1) is 16.2. The zero-order valence-corrected chi connectivity index (χ0v) is 20.1. The number of halogens is 3. The first kappa shape index (κ1) is 24.3. The van der Waals surface area contributed by atoms with E-state index in [-0.39, 0.29) is 27.8 Å². The highest BCUT2D eigenvalue weighted by Gasteiger charge is 2.22.